The van der Waals surface area contributed by atoms with Crippen molar-refractivity contribution in [3.05, 3.63) is 89.8 Å². The minimum absolute atomic E-state index is 0.357. The maximum Gasteiger partial charge on any atom is 0.271 e. The summed E-state index contributed by atoms with van der Waals surface area (Å²) in [5, 5.41) is 3.97. The Hall–Kier alpha value is -3.01. The highest BCUT2D eigenvalue weighted by Crippen LogP contribution is 2.02. The molecule has 116 valence electrons. The van der Waals surface area contributed by atoms with E-state index in [9.17, 15) is 9.18 Å². The Morgan fingerprint density at radius 1 is 1.04 bits per heavy atom. The van der Waals surface area contributed by atoms with E-state index in [4.69, 9.17) is 0 Å². The van der Waals surface area contributed by atoms with Crippen LogP contribution in [0.15, 0.2) is 77.9 Å². The van der Waals surface area contributed by atoms with Crippen molar-refractivity contribution in [2.45, 2.75) is 6.92 Å². The summed E-state index contributed by atoms with van der Waals surface area (Å²) in [7, 11) is 0. The third-order valence-corrected chi connectivity index (χ3v) is 2.98. The van der Waals surface area contributed by atoms with Crippen LogP contribution in [-0.2, 0) is 0 Å². The number of halogens is 1. The van der Waals surface area contributed by atoms with Gasteiger partial charge in [-0.3, -0.25) is 4.79 Å². The van der Waals surface area contributed by atoms with Crippen LogP contribution in [-0.4, -0.2) is 11.6 Å². The van der Waals surface area contributed by atoms with E-state index in [1.807, 2.05) is 48.6 Å². The summed E-state index contributed by atoms with van der Waals surface area (Å²) < 4.78 is 12.8. The molecule has 0 unspecified atom stereocenters. The smallest absolute Gasteiger partial charge is 0.267 e. The molecule has 0 heterocycles. The van der Waals surface area contributed by atoms with E-state index in [0.29, 0.717) is 11.3 Å². The van der Waals surface area contributed by atoms with Crippen molar-refractivity contribution < 1.29 is 9.18 Å². The van der Waals surface area contributed by atoms with Gasteiger partial charge in [-0.15, -0.1) is 0 Å². The maximum absolute atomic E-state index is 12.8. The predicted molar refractivity (Wildman–Crippen MR) is 91.6 cm³/mol. The van der Waals surface area contributed by atoms with Crippen LogP contribution in [0.25, 0.3) is 6.08 Å². The topological polar surface area (TPSA) is 41.5 Å². The summed E-state index contributed by atoms with van der Waals surface area (Å²) in [6.07, 6.45) is 7.50. The van der Waals surface area contributed by atoms with Gasteiger partial charge in [0.15, 0.2) is 0 Å². The Kier molecular flexibility index (Phi) is 6.00. The molecule has 0 bridgehead atoms. The molecule has 0 aromatic heterocycles. The van der Waals surface area contributed by atoms with Crippen LogP contribution < -0.4 is 5.43 Å². The van der Waals surface area contributed by atoms with Crippen LogP contribution in [0.5, 0.6) is 0 Å². The molecule has 4 heteroatoms. The lowest BCUT2D eigenvalue weighted by molar-refractivity contribution is 0.0955. The van der Waals surface area contributed by atoms with Crippen LogP contribution >= 0.6 is 0 Å². The number of hydrazone groups is 1. The van der Waals surface area contributed by atoms with Crippen LogP contribution in [0.4, 0.5) is 4.39 Å². The monoisotopic (exact) mass is 308 g/mol. The van der Waals surface area contributed by atoms with Crippen molar-refractivity contribution in [3.63, 3.8) is 0 Å². The zero-order chi connectivity index (χ0) is 16.5. The molecular weight excluding hydrogens is 291 g/mol. The van der Waals surface area contributed by atoms with Gasteiger partial charge < -0.3 is 0 Å². The average molecular weight is 308 g/mol. The Bertz CT molecular complexity index is 732. The van der Waals surface area contributed by atoms with Crippen molar-refractivity contribution in [1.82, 2.24) is 5.43 Å². The molecule has 3 nitrogen and oxygen atoms in total. The Balaban J connectivity index is 1.87. The Morgan fingerprint density at radius 3 is 2.43 bits per heavy atom. The van der Waals surface area contributed by atoms with Crippen molar-refractivity contribution >= 4 is 17.7 Å². The molecule has 0 aliphatic heterocycles. The quantitative estimate of drug-likeness (QED) is 0.502. The zero-order valence-corrected chi connectivity index (χ0v) is 12.7. The highest BCUT2D eigenvalue weighted by atomic mass is 19.1. The molecule has 1 N–H and O–H groups in total. The summed E-state index contributed by atoms with van der Waals surface area (Å²) in [5.41, 5.74) is 4.54. The van der Waals surface area contributed by atoms with Crippen molar-refractivity contribution in [1.29, 1.82) is 0 Å². The van der Waals surface area contributed by atoms with E-state index in [-0.39, 0.29) is 11.7 Å². The van der Waals surface area contributed by atoms with Gasteiger partial charge in [-0.25, -0.2) is 9.82 Å². The lowest BCUT2D eigenvalue weighted by atomic mass is 10.2. The van der Waals surface area contributed by atoms with Gasteiger partial charge in [0.1, 0.15) is 5.82 Å². The standard InChI is InChI=1S/C19H17FN2O/c1-15(7-5-6-10-16-8-3-2-4-9-16)21-22-19(23)17-11-13-18(20)14-12-17/h2-14H,1H3,(H,22,23)/b7-5+,10-6+,21-15-. The third-order valence-electron chi connectivity index (χ3n) is 2.98. The van der Waals surface area contributed by atoms with Gasteiger partial charge in [-0.2, -0.15) is 5.10 Å². The third kappa shape index (κ3) is 5.71. The number of hydrogen-bond acceptors (Lipinski definition) is 2. The molecule has 0 fully saturated rings. The highest BCUT2D eigenvalue weighted by Gasteiger charge is 2.03. The Labute approximate surface area is 134 Å². The molecule has 2 aromatic carbocycles. The van der Waals surface area contributed by atoms with Crippen LogP contribution in [0.3, 0.4) is 0 Å². The molecule has 0 aliphatic rings. The number of allylic oxidation sites excluding steroid dienone is 3. The number of hydrogen-bond donors (Lipinski definition) is 1. The fourth-order valence-corrected chi connectivity index (χ4v) is 1.77. The van der Waals surface area contributed by atoms with Gasteiger partial charge in [0.2, 0.25) is 0 Å². The van der Waals surface area contributed by atoms with Crippen LogP contribution in [0, 0.1) is 5.82 Å². The van der Waals surface area contributed by atoms with Gasteiger partial charge in [-0.1, -0.05) is 48.6 Å². The lowest BCUT2D eigenvalue weighted by Crippen LogP contribution is -2.18. The van der Waals surface area contributed by atoms with Gasteiger partial charge in [0.05, 0.1) is 5.71 Å². The zero-order valence-electron chi connectivity index (χ0n) is 12.7. The van der Waals surface area contributed by atoms with E-state index in [0.717, 1.165) is 5.56 Å². The minimum atomic E-state index is -0.380. The number of rotatable bonds is 5. The molecular formula is C19H17FN2O. The van der Waals surface area contributed by atoms with E-state index in [1.54, 1.807) is 13.0 Å². The summed E-state index contributed by atoms with van der Waals surface area (Å²) in [6.45, 7) is 1.78. The SMILES string of the molecule is CC(/C=C/C=C/c1ccccc1)=N/NC(=O)c1ccc(F)cc1. The molecule has 0 atom stereocenters. The summed E-state index contributed by atoms with van der Waals surface area (Å²) >= 11 is 0. The molecule has 23 heavy (non-hydrogen) atoms. The molecule has 0 radical (unpaired) electrons. The molecule has 0 spiro atoms. The van der Waals surface area contributed by atoms with E-state index >= 15 is 0 Å². The second-order valence-corrected chi connectivity index (χ2v) is 4.83. The molecule has 2 rings (SSSR count). The summed E-state index contributed by atoms with van der Waals surface area (Å²) in [6, 6.07) is 15.2. The predicted octanol–water partition coefficient (Wildman–Crippen LogP) is 4.20. The van der Waals surface area contributed by atoms with Gasteiger partial charge in [-0.05, 0) is 42.8 Å². The van der Waals surface area contributed by atoms with Crippen LogP contribution in [0.1, 0.15) is 22.8 Å². The molecule has 0 saturated carbocycles. The van der Waals surface area contributed by atoms with Gasteiger partial charge >= 0.3 is 0 Å². The molecule has 2 aromatic rings. The lowest BCUT2D eigenvalue weighted by Gasteiger charge is -2.00. The fourth-order valence-electron chi connectivity index (χ4n) is 1.77. The summed E-state index contributed by atoms with van der Waals surface area (Å²) in [5.74, 6) is -0.757. The van der Waals surface area contributed by atoms with Gasteiger partial charge in [0.25, 0.3) is 5.91 Å². The van der Waals surface area contributed by atoms with Crippen LogP contribution in [0.2, 0.25) is 0 Å². The van der Waals surface area contributed by atoms with Crippen molar-refractivity contribution in [3.8, 4) is 0 Å². The highest BCUT2D eigenvalue weighted by molar-refractivity contribution is 5.97. The second-order valence-electron chi connectivity index (χ2n) is 4.83. The number of carbonyl (C=O) groups excluding carboxylic acids is 1. The van der Waals surface area contributed by atoms with Gasteiger partial charge in [0, 0.05) is 5.56 Å². The normalized spacial score (nSPS) is 12.0. The van der Waals surface area contributed by atoms with E-state index in [1.165, 1.54) is 24.3 Å². The largest absolute Gasteiger partial charge is 0.271 e. The molecule has 0 saturated heterocycles. The summed E-state index contributed by atoms with van der Waals surface area (Å²) in [4.78, 5) is 11.8. The minimum Gasteiger partial charge on any atom is -0.267 e. The molecule has 1 amide bonds. The Morgan fingerprint density at radius 2 is 1.74 bits per heavy atom. The number of benzene rings is 2. The average Bonchev–Trinajstić information content (AvgIpc) is 2.58. The maximum atomic E-state index is 12.8. The molecule has 0 aliphatic carbocycles. The second kappa shape index (κ2) is 8.44. The first kappa shape index (κ1) is 16.4. The van der Waals surface area contributed by atoms with E-state index < -0.39 is 0 Å². The fraction of sp³-hybridized carbons (Fsp3) is 0.0526. The van der Waals surface area contributed by atoms with Crippen molar-refractivity contribution in [2.75, 3.05) is 0 Å². The first-order chi connectivity index (χ1) is 11.1. The number of carbonyl (C=O) groups is 1. The first-order valence-corrected chi connectivity index (χ1v) is 7.15. The number of amides is 1. The first-order valence-electron chi connectivity index (χ1n) is 7.15. The number of nitrogens with zero attached hydrogens (tertiary/aromatic N) is 1. The van der Waals surface area contributed by atoms with Crippen molar-refractivity contribution in [2.24, 2.45) is 5.10 Å². The van der Waals surface area contributed by atoms with E-state index in [2.05, 4.69) is 10.5 Å². The number of nitrogens with one attached hydrogen (secondary N) is 1.